The standard InChI is InChI=1S/C17H27N5O3/c1-11(8-12-5-6-14-15(9-12)25-10-24-14)22(2)16(23)13(18)4-3-7-21-17(19)20/h5-6,9,11,13H,3-4,7-8,10,18H2,1-2H3,(H4,19,20,21). The molecule has 0 saturated heterocycles. The average molecular weight is 349 g/mol. The van der Waals surface area contributed by atoms with Gasteiger partial charge in [-0.3, -0.25) is 9.79 Å². The van der Waals surface area contributed by atoms with Gasteiger partial charge in [0.05, 0.1) is 6.04 Å². The van der Waals surface area contributed by atoms with Crippen LogP contribution in [0.1, 0.15) is 25.3 Å². The van der Waals surface area contributed by atoms with Gasteiger partial charge >= 0.3 is 0 Å². The van der Waals surface area contributed by atoms with Crippen molar-refractivity contribution in [2.75, 3.05) is 20.4 Å². The van der Waals surface area contributed by atoms with Crippen LogP contribution in [0, 0.1) is 0 Å². The van der Waals surface area contributed by atoms with E-state index < -0.39 is 6.04 Å². The Kier molecular flexibility index (Phi) is 6.46. The molecule has 1 amide bonds. The minimum atomic E-state index is -0.557. The van der Waals surface area contributed by atoms with Crippen molar-refractivity contribution in [2.45, 2.75) is 38.3 Å². The average Bonchev–Trinajstić information content (AvgIpc) is 3.04. The van der Waals surface area contributed by atoms with Crippen LogP contribution in [-0.2, 0) is 11.2 Å². The molecule has 0 aromatic heterocycles. The molecule has 2 unspecified atom stereocenters. The van der Waals surface area contributed by atoms with Gasteiger partial charge in [0, 0.05) is 19.6 Å². The summed E-state index contributed by atoms with van der Waals surface area (Å²) in [5, 5.41) is 0. The molecule has 138 valence electrons. The fraction of sp³-hybridized carbons (Fsp3) is 0.529. The maximum Gasteiger partial charge on any atom is 0.239 e. The number of ether oxygens (including phenoxy) is 2. The van der Waals surface area contributed by atoms with Crippen molar-refractivity contribution in [2.24, 2.45) is 22.2 Å². The van der Waals surface area contributed by atoms with Crippen molar-refractivity contribution in [1.82, 2.24) is 4.90 Å². The lowest BCUT2D eigenvalue weighted by Crippen LogP contribution is -2.46. The quantitative estimate of drug-likeness (QED) is 0.349. The van der Waals surface area contributed by atoms with E-state index in [2.05, 4.69) is 4.99 Å². The SMILES string of the molecule is CC(Cc1ccc2c(c1)OCO2)N(C)C(=O)C(N)CCCN=C(N)N. The first kappa shape index (κ1) is 18.9. The third-order valence-corrected chi connectivity index (χ3v) is 4.26. The molecular formula is C17H27N5O3. The zero-order valence-corrected chi connectivity index (χ0v) is 14.8. The molecule has 8 nitrogen and oxygen atoms in total. The van der Waals surface area contributed by atoms with Crippen LogP contribution < -0.4 is 26.7 Å². The van der Waals surface area contributed by atoms with Crippen LogP contribution in [0.5, 0.6) is 11.5 Å². The van der Waals surface area contributed by atoms with Crippen LogP contribution in [0.4, 0.5) is 0 Å². The van der Waals surface area contributed by atoms with Crippen molar-refractivity contribution in [3.05, 3.63) is 23.8 Å². The number of nitrogens with two attached hydrogens (primary N) is 3. The number of likely N-dealkylation sites (N-methyl/N-ethyl adjacent to an activating group) is 1. The lowest BCUT2D eigenvalue weighted by Gasteiger charge is -2.27. The predicted octanol–water partition coefficient (Wildman–Crippen LogP) is 0.186. The Bertz CT molecular complexity index is 631. The van der Waals surface area contributed by atoms with Crippen molar-refractivity contribution in [1.29, 1.82) is 0 Å². The van der Waals surface area contributed by atoms with Gasteiger partial charge in [-0.15, -0.1) is 0 Å². The van der Waals surface area contributed by atoms with Crippen molar-refractivity contribution in [3.8, 4) is 11.5 Å². The van der Waals surface area contributed by atoms with Crippen molar-refractivity contribution in [3.63, 3.8) is 0 Å². The molecule has 2 atom stereocenters. The topological polar surface area (TPSA) is 129 Å². The summed E-state index contributed by atoms with van der Waals surface area (Å²) in [7, 11) is 1.77. The maximum absolute atomic E-state index is 12.5. The van der Waals surface area contributed by atoms with Crippen molar-refractivity contribution < 1.29 is 14.3 Å². The summed E-state index contributed by atoms with van der Waals surface area (Å²) >= 11 is 0. The Morgan fingerprint density at radius 2 is 2.04 bits per heavy atom. The summed E-state index contributed by atoms with van der Waals surface area (Å²) in [4.78, 5) is 18.0. The summed E-state index contributed by atoms with van der Waals surface area (Å²) in [5.41, 5.74) is 17.6. The number of hydrogen-bond acceptors (Lipinski definition) is 5. The summed E-state index contributed by atoms with van der Waals surface area (Å²) in [6.45, 7) is 2.72. The van der Waals surface area contributed by atoms with Crippen LogP contribution in [0.25, 0.3) is 0 Å². The van der Waals surface area contributed by atoms with E-state index in [4.69, 9.17) is 26.7 Å². The fourth-order valence-electron chi connectivity index (χ4n) is 2.67. The maximum atomic E-state index is 12.5. The summed E-state index contributed by atoms with van der Waals surface area (Å²) < 4.78 is 10.7. The Morgan fingerprint density at radius 1 is 1.32 bits per heavy atom. The highest BCUT2D eigenvalue weighted by molar-refractivity contribution is 5.81. The van der Waals surface area contributed by atoms with Gasteiger partial charge in [-0.2, -0.15) is 0 Å². The highest BCUT2D eigenvalue weighted by atomic mass is 16.7. The fourth-order valence-corrected chi connectivity index (χ4v) is 2.67. The first-order valence-corrected chi connectivity index (χ1v) is 8.34. The highest BCUT2D eigenvalue weighted by Crippen LogP contribution is 2.32. The number of benzene rings is 1. The van der Waals surface area contributed by atoms with E-state index >= 15 is 0 Å². The number of carbonyl (C=O) groups excluding carboxylic acids is 1. The van der Waals surface area contributed by atoms with Gasteiger partial charge in [-0.05, 0) is 43.9 Å². The van der Waals surface area contributed by atoms with E-state index in [1.807, 2.05) is 25.1 Å². The molecule has 1 aromatic carbocycles. The first-order chi connectivity index (χ1) is 11.9. The number of hydrogen-bond donors (Lipinski definition) is 3. The molecule has 6 N–H and O–H groups in total. The van der Waals surface area contributed by atoms with Crippen LogP contribution in [0.15, 0.2) is 23.2 Å². The third kappa shape index (κ3) is 5.25. The minimum Gasteiger partial charge on any atom is -0.454 e. The number of nitrogens with zero attached hydrogens (tertiary/aromatic N) is 2. The molecule has 0 bridgehead atoms. The second-order valence-electron chi connectivity index (χ2n) is 6.25. The molecule has 1 heterocycles. The molecule has 25 heavy (non-hydrogen) atoms. The molecule has 1 aromatic rings. The van der Waals surface area contributed by atoms with Crippen LogP contribution >= 0.6 is 0 Å². The summed E-state index contributed by atoms with van der Waals surface area (Å²) in [6, 6.07) is 5.28. The Hall–Kier alpha value is -2.48. The normalized spacial score (nSPS) is 14.7. The molecule has 8 heteroatoms. The van der Waals surface area contributed by atoms with E-state index in [0.29, 0.717) is 25.8 Å². The van der Waals surface area contributed by atoms with Crippen molar-refractivity contribution >= 4 is 11.9 Å². The molecule has 1 aliphatic heterocycles. The summed E-state index contributed by atoms with van der Waals surface area (Å²) in [5.74, 6) is 1.46. The number of aliphatic imine (C=N–C) groups is 1. The third-order valence-electron chi connectivity index (χ3n) is 4.26. The molecular weight excluding hydrogens is 322 g/mol. The molecule has 0 saturated carbocycles. The molecule has 1 aliphatic rings. The van der Waals surface area contributed by atoms with Gasteiger partial charge in [0.1, 0.15) is 0 Å². The number of fused-ring (bicyclic) bond motifs is 1. The second-order valence-corrected chi connectivity index (χ2v) is 6.25. The number of guanidine groups is 1. The van der Waals surface area contributed by atoms with Gasteiger partial charge < -0.3 is 31.6 Å². The molecule has 0 aliphatic carbocycles. The van der Waals surface area contributed by atoms with Gasteiger partial charge in [-0.25, -0.2) is 0 Å². The van der Waals surface area contributed by atoms with Crippen LogP contribution in [0.2, 0.25) is 0 Å². The number of carbonyl (C=O) groups is 1. The Morgan fingerprint density at radius 3 is 2.76 bits per heavy atom. The first-order valence-electron chi connectivity index (χ1n) is 8.34. The van der Waals surface area contributed by atoms with E-state index in [-0.39, 0.29) is 24.7 Å². The Labute approximate surface area is 148 Å². The van der Waals surface area contributed by atoms with Gasteiger partial charge in [-0.1, -0.05) is 6.07 Å². The van der Waals surface area contributed by atoms with Gasteiger partial charge in [0.15, 0.2) is 17.5 Å². The summed E-state index contributed by atoms with van der Waals surface area (Å²) in [6.07, 6.45) is 1.91. The number of amides is 1. The van der Waals surface area contributed by atoms with E-state index in [9.17, 15) is 4.79 Å². The monoisotopic (exact) mass is 349 g/mol. The van der Waals surface area contributed by atoms with Gasteiger partial charge in [0.2, 0.25) is 12.7 Å². The lowest BCUT2D eigenvalue weighted by atomic mass is 10.0. The smallest absolute Gasteiger partial charge is 0.239 e. The highest BCUT2D eigenvalue weighted by Gasteiger charge is 2.22. The van der Waals surface area contributed by atoms with E-state index in [1.54, 1.807) is 11.9 Å². The zero-order chi connectivity index (χ0) is 18.4. The zero-order valence-electron chi connectivity index (χ0n) is 14.8. The van der Waals surface area contributed by atoms with Crippen LogP contribution in [-0.4, -0.2) is 49.2 Å². The molecule has 0 spiro atoms. The minimum absolute atomic E-state index is 0.0108. The number of rotatable bonds is 8. The molecule has 0 radical (unpaired) electrons. The van der Waals surface area contributed by atoms with E-state index in [1.165, 1.54) is 0 Å². The van der Waals surface area contributed by atoms with E-state index in [0.717, 1.165) is 17.1 Å². The molecule has 0 fully saturated rings. The molecule has 2 rings (SSSR count). The predicted molar refractivity (Wildman–Crippen MR) is 96.4 cm³/mol. The second kappa shape index (κ2) is 8.57. The largest absolute Gasteiger partial charge is 0.454 e. The van der Waals surface area contributed by atoms with Gasteiger partial charge in [0.25, 0.3) is 0 Å². The lowest BCUT2D eigenvalue weighted by molar-refractivity contribution is -0.133. The van der Waals surface area contributed by atoms with Crippen LogP contribution in [0.3, 0.4) is 0 Å². The Balaban J connectivity index is 1.84.